The largest absolute Gasteiger partial charge is 0.508 e. The van der Waals surface area contributed by atoms with Crippen LogP contribution >= 0.6 is 0 Å². The van der Waals surface area contributed by atoms with Crippen molar-refractivity contribution in [1.29, 1.82) is 0 Å². The summed E-state index contributed by atoms with van der Waals surface area (Å²) in [5, 5.41) is 36.6. The molecule has 1 heterocycles. The van der Waals surface area contributed by atoms with E-state index in [1.165, 1.54) is 26.0 Å². The van der Waals surface area contributed by atoms with Gasteiger partial charge in [-0.2, -0.15) is 0 Å². The molecule has 0 spiro atoms. The van der Waals surface area contributed by atoms with E-state index in [4.69, 9.17) is 23.7 Å². The molecule has 0 radical (unpaired) electrons. The molecule has 5 rings (SSSR count). The summed E-state index contributed by atoms with van der Waals surface area (Å²) >= 11 is 0. The zero-order valence-electron chi connectivity index (χ0n) is 25.9. The predicted octanol–water partition coefficient (Wildman–Crippen LogP) is 2.26. The topological polar surface area (TPSA) is 175 Å². The van der Waals surface area contributed by atoms with Crippen molar-refractivity contribution in [3.8, 4) is 0 Å². The van der Waals surface area contributed by atoms with Crippen LogP contribution < -0.4 is 0 Å². The Bertz CT molecular complexity index is 1420. The quantitative estimate of drug-likeness (QED) is 0.256. The first-order valence-electron chi connectivity index (χ1n) is 14.6. The first-order valence-corrected chi connectivity index (χ1v) is 14.6. The fourth-order valence-corrected chi connectivity index (χ4v) is 8.07. The van der Waals surface area contributed by atoms with Crippen LogP contribution in [0.3, 0.4) is 0 Å². The standard InChI is InChI=1S/C32H40O12/c1-16-21-22(42-17(2)33)24(35)30(6)19(34)13-20-31(15-41-20,44-27(37)40-7)23(30)25(43-26(36)18-11-9-8-10-12-18)32(39,28(21,3)4)14-29(16,5)38/h8-12,19-20,22-23,25,34,38-39H,13-15H2,1-7H3/t19-,20-,22-,23?,25+,29-,30-,31+,32-/m1/s1. The zero-order chi connectivity index (χ0) is 32.6. The molecular weight excluding hydrogens is 576 g/mol. The van der Waals surface area contributed by atoms with Crippen LogP contribution in [-0.4, -0.2) is 94.1 Å². The number of carbonyl (C=O) groups excluding carboxylic acids is 4. The van der Waals surface area contributed by atoms with E-state index in [2.05, 4.69) is 0 Å². The molecular formula is C32H40O12. The van der Waals surface area contributed by atoms with Crippen molar-refractivity contribution < 1.29 is 58.2 Å². The van der Waals surface area contributed by atoms with Gasteiger partial charge in [-0.3, -0.25) is 9.59 Å². The van der Waals surface area contributed by atoms with E-state index in [1.54, 1.807) is 39.0 Å². The molecule has 240 valence electrons. The van der Waals surface area contributed by atoms with E-state index in [-0.39, 0.29) is 29.7 Å². The summed E-state index contributed by atoms with van der Waals surface area (Å²) in [5.41, 5.74) is -8.59. The summed E-state index contributed by atoms with van der Waals surface area (Å²) in [7, 11) is 1.10. The lowest BCUT2D eigenvalue weighted by Gasteiger charge is -2.67. The van der Waals surface area contributed by atoms with Crippen molar-refractivity contribution in [3.05, 3.63) is 47.0 Å². The van der Waals surface area contributed by atoms with Gasteiger partial charge in [0, 0.05) is 25.2 Å². The Labute approximate surface area is 255 Å². The molecule has 1 aromatic carbocycles. The molecule has 12 nitrogen and oxygen atoms in total. The third kappa shape index (κ3) is 4.33. The second-order valence-corrected chi connectivity index (χ2v) is 13.4. The van der Waals surface area contributed by atoms with Gasteiger partial charge < -0.3 is 39.0 Å². The Hall–Kier alpha value is -3.32. The number of ether oxygens (including phenoxy) is 5. The van der Waals surface area contributed by atoms with E-state index in [0.717, 1.165) is 14.0 Å². The van der Waals surface area contributed by atoms with Crippen LogP contribution in [0.15, 0.2) is 41.5 Å². The second kappa shape index (κ2) is 10.4. The minimum atomic E-state index is -2.19. The number of methoxy groups -OCH3 is 1. The highest BCUT2D eigenvalue weighted by atomic mass is 16.8. The first kappa shape index (κ1) is 32.1. The fourth-order valence-electron chi connectivity index (χ4n) is 8.07. The van der Waals surface area contributed by atoms with Crippen molar-refractivity contribution in [2.75, 3.05) is 13.7 Å². The van der Waals surface area contributed by atoms with E-state index in [9.17, 15) is 34.5 Å². The summed E-state index contributed by atoms with van der Waals surface area (Å²) in [6, 6.07) is 7.99. The van der Waals surface area contributed by atoms with Crippen LogP contribution in [0, 0.1) is 16.7 Å². The molecule has 1 aromatic rings. The summed E-state index contributed by atoms with van der Waals surface area (Å²) in [6.45, 7) is 8.52. The van der Waals surface area contributed by atoms with E-state index >= 15 is 0 Å². The number of Topliss-reactive ketones (excluding diaryl/α,β-unsaturated/α-hetero) is 1. The van der Waals surface area contributed by atoms with Crippen LogP contribution in [0.25, 0.3) is 0 Å². The van der Waals surface area contributed by atoms with E-state index in [1.807, 2.05) is 0 Å². The number of benzene rings is 1. The molecule has 2 saturated carbocycles. The molecule has 1 saturated heterocycles. The molecule has 9 atom stereocenters. The predicted molar refractivity (Wildman–Crippen MR) is 151 cm³/mol. The third-order valence-electron chi connectivity index (χ3n) is 10.7. The van der Waals surface area contributed by atoms with Crippen molar-refractivity contribution in [1.82, 2.24) is 0 Å². The summed E-state index contributed by atoms with van der Waals surface area (Å²) < 4.78 is 28.4. The van der Waals surface area contributed by atoms with Crippen LogP contribution in [0.2, 0.25) is 0 Å². The number of ketones is 1. The minimum absolute atomic E-state index is 0.124. The van der Waals surface area contributed by atoms with Gasteiger partial charge in [0.2, 0.25) is 0 Å². The highest BCUT2D eigenvalue weighted by Crippen LogP contribution is 2.65. The maximum atomic E-state index is 14.9. The van der Waals surface area contributed by atoms with Gasteiger partial charge in [0.1, 0.15) is 17.8 Å². The number of hydrogen-bond acceptors (Lipinski definition) is 12. The molecule has 2 bridgehead atoms. The van der Waals surface area contributed by atoms with Gasteiger partial charge in [-0.05, 0) is 44.1 Å². The average Bonchev–Trinajstić information content (AvgIpc) is 2.94. The molecule has 3 fully saturated rings. The van der Waals surface area contributed by atoms with Crippen LogP contribution in [0.1, 0.15) is 64.7 Å². The average molecular weight is 617 g/mol. The van der Waals surface area contributed by atoms with E-state index in [0.29, 0.717) is 0 Å². The summed E-state index contributed by atoms with van der Waals surface area (Å²) in [5.74, 6) is -3.90. The van der Waals surface area contributed by atoms with Crippen LogP contribution in [0.4, 0.5) is 4.79 Å². The number of esters is 2. The van der Waals surface area contributed by atoms with Gasteiger partial charge >= 0.3 is 18.1 Å². The van der Waals surface area contributed by atoms with Gasteiger partial charge in [0.15, 0.2) is 17.5 Å². The SMILES string of the molecule is COC(=O)O[C@@]12CO[C@@H]1C[C@@H](O)[C@@]1(C)C(=O)[C@H](OC(C)=O)C3=C(C)[C@](C)(O)C[C@@](O)([C@@H](OC(=O)c4ccccc4)C12)C3(C)C. The number of aliphatic hydroxyl groups is 3. The monoisotopic (exact) mass is 616 g/mol. The Morgan fingerprint density at radius 3 is 2.20 bits per heavy atom. The Balaban J connectivity index is 1.86. The summed E-state index contributed by atoms with van der Waals surface area (Å²) in [6.07, 6.45) is -7.46. The fraction of sp³-hybridized carbons (Fsp3) is 0.625. The van der Waals surface area contributed by atoms with E-state index < -0.39 is 88.3 Å². The molecule has 0 amide bonds. The molecule has 3 N–H and O–H groups in total. The van der Waals surface area contributed by atoms with Crippen molar-refractivity contribution in [2.45, 2.75) is 95.6 Å². The molecule has 12 heteroatoms. The maximum Gasteiger partial charge on any atom is 0.508 e. The molecule has 4 aliphatic rings. The number of hydrogen-bond donors (Lipinski definition) is 3. The minimum Gasteiger partial charge on any atom is -0.455 e. The lowest BCUT2D eigenvalue weighted by molar-refractivity contribution is -0.345. The van der Waals surface area contributed by atoms with Gasteiger partial charge in [-0.1, -0.05) is 32.0 Å². The Morgan fingerprint density at radius 2 is 1.66 bits per heavy atom. The molecule has 44 heavy (non-hydrogen) atoms. The van der Waals surface area contributed by atoms with Crippen molar-refractivity contribution in [2.24, 2.45) is 16.7 Å². The Kier molecular flexibility index (Phi) is 7.56. The van der Waals surface area contributed by atoms with Crippen molar-refractivity contribution in [3.63, 3.8) is 0 Å². The first-order chi connectivity index (χ1) is 20.4. The number of aliphatic hydroxyl groups excluding tert-OH is 1. The number of fused-ring (bicyclic) bond motifs is 5. The normalized spacial score (nSPS) is 40.7. The highest BCUT2D eigenvalue weighted by Gasteiger charge is 2.79. The third-order valence-corrected chi connectivity index (χ3v) is 10.7. The zero-order valence-corrected chi connectivity index (χ0v) is 25.9. The molecule has 0 aromatic heterocycles. The lowest BCUT2D eigenvalue weighted by atomic mass is 9.44. The smallest absolute Gasteiger partial charge is 0.455 e. The van der Waals surface area contributed by atoms with Gasteiger partial charge in [0.25, 0.3) is 0 Å². The van der Waals surface area contributed by atoms with Crippen LogP contribution in [-0.2, 0) is 33.3 Å². The molecule has 3 aliphatic carbocycles. The number of carbonyl (C=O) groups is 4. The van der Waals surface area contributed by atoms with Gasteiger partial charge in [-0.15, -0.1) is 0 Å². The second-order valence-electron chi connectivity index (χ2n) is 13.4. The summed E-state index contributed by atoms with van der Waals surface area (Å²) in [4.78, 5) is 54.0. The lowest BCUT2D eigenvalue weighted by Crippen LogP contribution is -2.82. The highest BCUT2D eigenvalue weighted by molar-refractivity contribution is 5.95. The van der Waals surface area contributed by atoms with Crippen LogP contribution in [0.5, 0.6) is 0 Å². The molecule has 1 aliphatic heterocycles. The number of rotatable bonds is 4. The van der Waals surface area contributed by atoms with Crippen molar-refractivity contribution >= 4 is 23.9 Å². The van der Waals surface area contributed by atoms with Gasteiger partial charge in [0.05, 0.1) is 42.3 Å². The van der Waals surface area contributed by atoms with Gasteiger partial charge in [-0.25, -0.2) is 9.59 Å². The molecule has 1 unspecified atom stereocenters. The Morgan fingerprint density at radius 1 is 1.02 bits per heavy atom. The maximum absolute atomic E-state index is 14.9.